The molecule has 1 aliphatic heterocycles. The molecule has 0 radical (unpaired) electrons. The van der Waals surface area contributed by atoms with Gasteiger partial charge >= 0.3 is 12.0 Å². The van der Waals surface area contributed by atoms with Gasteiger partial charge in [0, 0.05) is 13.1 Å². The molecule has 0 bridgehead atoms. The molecule has 0 unspecified atom stereocenters. The molecule has 3 N–H and O–H groups in total. The summed E-state index contributed by atoms with van der Waals surface area (Å²) in [7, 11) is -3.69. The number of primary amides is 1. The van der Waals surface area contributed by atoms with Gasteiger partial charge in [-0.2, -0.15) is 4.31 Å². The number of urea groups is 1. The van der Waals surface area contributed by atoms with E-state index in [1.165, 1.54) is 4.31 Å². The maximum Gasteiger partial charge on any atom is 0.318 e. The Kier molecular flexibility index (Phi) is 7.02. The van der Waals surface area contributed by atoms with Gasteiger partial charge in [0.1, 0.15) is 0 Å². The molecule has 0 aromatic heterocycles. The van der Waals surface area contributed by atoms with Crippen LogP contribution in [0.1, 0.15) is 35.1 Å². The number of nitrogens with zero attached hydrogens (tertiary/aromatic N) is 1. The number of carbonyl (C=O) groups is 3. The van der Waals surface area contributed by atoms with E-state index in [2.05, 4.69) is 0 Å². The number of nitrogens with two attached hydrogens (primary N) is 1. The first kappa shape index (κ1) is 22.8. The minimum Gasteiger partial charge on any atom is -0.455 e. The number of sulfonamides is 1. The highest BCUT2D eigenvalue weighted by Gasteiger charge is 2.35. The van der Waals surface area contributed by atoms with Crippen molar-refractivity contribution in [2.45, 2.75) is 45.4 Å². The Morgan fingerprint density at radius 3 is 2.10 bits per heavy atom. The van der Waals surface area contributed by atoms with Crippen molar-refractivity contribution in [3.63, 3.8) is 0 Å². The molecule has 29 heavy (non-hydrogen) atoms. The van der Waals surface area contributed by atoms with Gasteiger partial charge in [-0.1, -0.05) is 6.07 Å². The lowest BCUT2D eigenvalue weighted by molar-refractivity contribution is -0.153. The topological polar surface area (TPSA) is 136 Å². The SMILES string of the molecule is Cc1cc(C)c(C)c(S(=O)(=O)N2CCC(C(=O)OCC(=O)NC(N)=O)CC2)c1C. The number of imide groups is 1. The molecule has 9 nitrogen and oxygen atoms in total. The molecular weight excluding hydrogens is 398 g/mol. The number of carbonyl (C=O) groups excluding carboxylic acids is 3. The van der Waals surface area contributed by atoms with E-state index in [4.69, 9.17) is 10.5 Å². The van der Waals surface area contributed by atoms with Crippen molar-refractivity contribution in [2.75, 3.05) is 19.7 Å². The minimum absolute atomic E-state index is 0.182. The molecule has 1 aromatic carbocycles. The largest absolute Gasteiger partial charge is 0.455 e. The molecule has 0 aliphatic carbocycles. The van der Waals surface area contributed by atoms with Crippen LogP contribution in [-0.4, -0.2) is 50.3 Å². The zero-order chi connectivity index (χ0) is 21.9. The van der Waals surface area contributed by atoms with Crippen LogP contribution in [0.3, 0.4) is 0 Å². The van der Waals surface area contributed by atoms with Crippen molar-refractivity contribution in [3.05, 3.63) is 28.3 Å². The first-order chi connectivity index (χ1) is 13.4. The number of esters is 1. The van der Waals surface area contributed by atoms with Crippen LogP contribution < -0.4 is 11.1 Å². The highest BCUT2D eigenvalue weighted by molar-refractivity contribution is 7.89. The van der Waals surface area contributed by atoms with Gasteiger partial charge in [0.15, 0.2) is 6.61 Å². The van der Waals surface area contributed by atoms with Gasteiger partial charge in [0.05, 0.1) is 10.8 Å². The normalized spacial score (nSPS) is 15.7. The molecule has 1 saturated heterocycles. The van der Waals surface area contributed by atoms with Gasteiger partial charge in [-0.15, -0.1) is 0 Å². The summed E-state index contributed by atoms with van der Waals surface area (Å²) in [6.45, 7) is 7.13. The summed E-state index contributed by atoms with van der Waals surface area (Å²) in [5.74, 6) is -1.92. The van der Waals surface area contributed by atoms with Gasteiger partial charge in [0.2, 0.25) is 10.0 Å². The van der Waals surface area contributed by atoms with Crippen LogP contribution in [0.4, 0.5) is 4.79 Å². The number of rotatable bonds is 5. The Hall–Kier alpha value is -2.46. The maximum atomic E-state index is 13.2. The van der Waals surface area contributed by atoms with Crippen LogP contribution in [0.15, 0.2) is 11.0 Å². The Morgan fingerprint density at radius 2 is 1.62 bits per heavy atom. The molecule has 1 aliphatic rings. The molecule has 1 heterocycles. The van der Waals surface area contributed by atoms with Crippen LogP contribution in [0.2, 0.25) is 0 Å². The first-order valence-corrected chi connectivity index (χ1v) is 10.7. The zero-order valence-electron chi connectivity index (χ0n) is 17.1. The van der Waals surface area contributed by atoms with Gasteiger partial charge in [-0.3, -0.25) is 14.9 Å². The van der Waals surface area contributed by atoms with E-state index < -0.39 is 40.5 Å². The number of amides is 3. The molecule has 2 rings (SSSR count). The highest BCUT2D eigenvalue weighted by atomic mass is 32.2. The number of nitrogens with one attached hydrogen (secondary N) is 1. The van der Waals surface area contributed by atoms with Crippen LogP contribution in [-0.2, 0) is 24.3 Å². The van der Waals surface area contributed by atoms with E-state index in [1.54, 1.807) is 19.2 Å². The third-order valence-electron chi connectivity index (χ3n) is 5.29. The molecule has 0 saturated carbocycles. The number of aryl methyl sites for hydroxylation is 2. The van der Waals surface area contributed by atoms with Crippen molar-refractivity contribution in [1.29, 1.82) is 0 Å². The fourth-order valence-electron chi connectivity index (χ4n) is 3.46. The third-order valence-corrected chi connectivity index (χ3v) is 7.46. The molecule has 3 amide bonds. The number of hydrogen-bond donors (Lipinski definition) is 2. The Balaban J connectivity index is 2.05. The van der Waals surface area contributed by atoms with Crippen molar-refractivity contribution < 1.29 is 27.5 Å². The number of hydrogen-bond acceptors (Lipinski definition) is 6. The average Bonchev–Trinajstić information content (AvgIpc) is 2.64. The number of piperidine rings is 1. The lowest BCUT2D eigenvalue weighted by atomic mass is 9.98. The summed E-state index contributed by atoms with van der Waals surface area (Å²) in [5, 5.41) is 1.80. The number of benzene rings is 1. The lowest BCUT2D eigenvalue weighted by Crippen LogP contribution is -2.42. The molecular formula is C19H27N3O6S. The average molecular weight is 426 g/mol. The molecule has 1 fully saturated rings. The van der Waals surface area contributed by atoms with Crippen molar-refractivity contribution >= 4 is 27.9 Å². The molecule has 0 spiro atoms. The van der Waals surface area contributed by atoms with E-state index in [1.807, 2.05) is 19.9 Å². The van der Waals surface area contributed by atoms with E-state index in [9.17, 15) is 22.8 Å². The van der Waals surface area contributed by atoms with E-state index >= 15 is 0 Å². The second-order valence-corrected chi connectivity index (χ2v) is 9.16. The molecule has 0 atom stereocenters. The lowest BCUT2D eigenvalue weighted by Gasteiger charge is -2.31. The smallest absolute Gasteiger partial charge is 0.318 e. The zero-order valence-corrected chi connectivity index (χ0v) is 17.9. The Labute approximate surface area is 170 Å². The maximum absolute atomic E-state index is 13.2. The summed E-state index contributed by atoms with van der Waals surface area (Å²) < 4.78 is 32.8. The second-order valence-electron chi connectivity index (χ2n) is 7.29. The van der Waals surface area contributed by atoms with E-state index in [0.717, 1.165) is 22.3 Å². The standard InChI is InChI=1S/C19H27N3O6S/c1-11-9-12(2)14(4)17(13(11)3)29(26,27)22-7-5-15(6-8-22)18(24)28-10-16(23)21-19(20)25/h9,15H,5-8,10H2,1-4H3,(H3,20,21,23,25). The fourth-order valence-corrected chi connectivity index (χ4v) is 5.50. The predicted octanol–water partition coefficient (Wildman–Crippen LogP) is 1.06. The summed E-state index contributed by atoms with van der Waals surface area (Å²) in [6, 6.07) is 0.946. The number of ether oxygens (including phenoxy) is 1. The van der Waals surface area contributed by atoms with Crippen LogP contribution in [0.5, 0.6) is 0 Å². The Morgan fingerprint density at radius 1 is 1.10 bits per heavy atom. The summed E-state index contributed by atoms with van der Waals surface area (Å²) in [6.07, 6.45) is 0.580. The fraction of sp³-hybridized carbons (Fsp3) is 0.526. The third kappa shape index (κ3) is 5.13. The van der Waals surface area contributed by atoms with Crippen molar-refractivity contribution in [1.82, 2.24) is 9.62 Å². The predicted molar refractivity (Wildman–Crippen MR) is 106 cm³/mol. The van der Waals surface area contributed by atoms with Crippen molar-refractivity contribution in [3.8, 4) is 0 Å². The molecule has 160 valence electrons. The first-order valence-electron chi connectivity index (χ1n) is 9.28. The minimum atomic E-state index is -3.69. The monoisotopic (exact) mass is 425 g/mol. The van der Waals surface area contributed by atoms with Crippen LogP contribution in [0, 0.1) is 33.6 Å². The van der Waals surface area contributed by atoms with E-state index in [-0.39, 0.29) is 13.1 Å². The summed E-state index contributed by atoms with van der Waals surface area (Å²) in [4.78, 5) is 34.4. The highest BCUT2D eigenvalue weighted by Crippen LogP contribution is 2.31. The summed E-state index contributed by atoms with van der Waals surface area (Å²) >= 11 is 0. The Bertz CT molecular complexity index is 908. The van der Waals surface area contributed by atoms with Crippen LogP contribution >= 0.6 is 0 Å². The van der Waals surface area contributed by atoms with Crippen molar-refractivity contribution in [2.24, 2.45) is 11.7 Å². The quantitative estimate of drug-likeness (QED) is 0.677. The second kappa shape index (κ2) is 8.91. The van der Waals surface area contributed by atoms with Gasteiger partial charge in [-0.05, 0) is 62.8 Å². The summed E-state index contributed by atoms with van der Waals surface area (Å²) in [5.41, 5.74) is 8.11. The molecule has 10 heteroatoms. The molecule has 1 aromatic rings. The van der Waals surface area contributed by atoms with Gasteiger partial charge < -0.3 is 10.5 Å². The van der Waals surface area contributed by atoms with Crippen LogP contribution in [0.25, 0.3) is 0 Å². The van der Waals surface area contributed by atoms with Gasteiger partial charge in [0.25, 0.3) is 5.91 Å². The van der Waals surface area contributed by atoms with E-state index in [0.29, 0.717) is 17.7 Å². The van der Waals surface area contributed by atoms with Gasteiger partial charge in [-0.25, -0.2) is 13.2 Å².